The van der Waals surface area contributed by atoms with Crippen LogP contribution >= 0.6 is 0 Å². The molecule has 2 aromatic rings. The van der Waals surface area contributed by atoms with Crippen LogP contribution < -0.4 is 15.8 Å². The van der Waals surface area contributed by atoms with Gasteiger partial charge in [-0.3, -0.25) is 20.3 Å². The van der Waals surface area contributed by atoms with E-state index in [1.807, 2.05) is 4.90 Å². The molecule has 0 aromatic heterocycles. The summed E-state index contributed by atoms with van der Waals surface area (Å²) in [4.78, 5) is 28.0. The number of hydrogen-bond donors (Lipinski definition) is 2. The molecular weight excluding hydrogens is 382 g/mol. The number of benzene rings is 2. The van der Waals surface area contributed by atoms with Crippen molar-refractivity contribution >= 4 is 17.3 Å². The molecule has 2 unspecified atom stereocenters. The van der Waals surface area contributed by atoms with E-state index in [0.717, 1.165) is 18.7 Å². The molecule has 2 heterocycles. The van der Waals surface area contributed by atoms with Crippen molar-refractivity contribution in [1.29, 1.82) is 0 Å². The van der Waals surface area contributed by atoms with Gasteiger partial charge in [-0.15, -0.1) is 0 Å². The highest BCUT2D eigenvalue weighted by molar-refractivity contribution is 5.81. The van der Waals surface area contributed by atoms with Gasteiger partial charge in [-0.05, 0) is 36.6 Å². The Labute approximate surface area is 176 Å². The van der Waals surface area contributed by atoms with Crippen molar-refractivity contribution < 1.29 is 9.72 Å². The highest BCUT2D eigenvalue weighted by Gasteiger charge is 2.37. The average Bonchev–Trinajstić information content (AvgIpc) is 3.25. The minimum absolute atomic E-state index is 0.0511. The summed E-state index contributed by atoms with van der Waals surface area (Å²) in [6.45, 7) is 7.81. The van der Waals surface area contributed by atoms with Gasteiger partial charge in [-0.25, -0.2) is 5.43 Å². The number of non-ortho nitro benzene ring substituents is 1. The first kappa shape index (κ1) is 20.3. The molecule has 4 rings (SSSR count). The predicted octanol–water partition coefficient (Wildman–Crippen LogP) is 2.33. The topological polar surface area (TPSA) is 90.8 Å². The molecule has 2 atom stereocenters. The fourth-order valence-electron chi connectivity index (χ4n) is 4.33. The van der Waals surface area contributed by atoms with E-state index in [9.17, 15) is 14.9 Å². The molecular formula is C22H27N5O3. The zero-order valence-electron chi connectivity index (χ0n) is 17.3. The molecule has 2 N–H and O–H groups in total. The van der Waals surface area contributed by atoms with E-state index in [-0.39, 0.29) is 23.6 Å². The van der Waals surface area contributed by atoms with Gasteiger partial charge < -0.3 is 9.80 Å². The van der Waals surface area contributed by atoms with Gasteiger partial charge in [-0.1, -0.05) is 24.3 Å². The lowest BCUT2D eigenvalue weighted by molar-refractivity contribution is -0.384. The van der Waals surface area contributed by atoms with Gasteiger partial charge >= 0.3 is 0 Å². The summed E-state index contributed by atoms with van der Waals surface area (Å²) in [5.41, 5.74) is 11.0. The lowest BCUT2D eigenvalue weighted by Gasteiger charge is -2.38. The van der Waals surface area contributed by atoms with E-state index in [1.165, 1.54) is 28.9 Å². The van der Waals surface area contributed by atoms with Gasteiger partial charge in [0, 0.05) is 50.5 Å². The van der Waals surface area contributed by atoms with Crippen LogP contribution in [-0.2, 0) is 4.79 Å². The molecule has 0 aliphatic carbocycles. The number of amides is 1. The summed E-state index contributed by atoms with van der Waals surface area (Å²) >= 11 is 0. The van der Waals surface area contributed by atoms with Gasteiger partial charge in [0.1, 0.15) is 0 Å². The van der Waals surface area contributed by atoms with E-state index in [2.05, 4.69) is 47.8 Å². The molecule has 0 saturated carbocycles. The summed E-state index contributed by atoms with van der Waals surface area (Å²) in [5.74, 6) is -0.116. The summed E-state index contributed by atoms with van der Waals surface area (Å²) < 4.78 is 0. The molecule has 30 heavy (non-hydrogen) atoms. The van der Waals surface area contributed by atoms with Crippen molar-refractivity contribution in [2.75, 3.05) is 37.6 Å². The van der Waals surface area contributed by atoms with E-state index < -0.39 is 4.92 Å². The number of carbonyl (C=O) groups is 1. The van der Waals surface area contributed by atoms with E-state index in [4.69, 9.17) is 0 Å². The summed E-state index contributed by atoms with van der Waals surface area (Å²) in [7, 11) is 0. The third-order valence-corrected chi connectivity index (χ3v) is 6.27. The fourth-order valence-corrected chi connectivity index (χ4v) is 4.33. The summed E-state index contributed by atoms with van der Waals surface area (Å²) in [6.07, 6.45) is 0. The van der Waals surface area contributed by atoms with Crippen molar-refractivity contribution in [2.24, 2.45) is 5.92 Å². The lowest BCUT2D eigenvalue weighted by Crippen LogP contribution is -2.51. The fraction of sp³-hybridized carbons (Fsp3) is 0.409. The number of aryl methyl sites for hydroxylation is 1. The van der Waals surface area contributed by atoms with E-state index in [0.29, 0.717) is 19.6 Å². The zero-order valence-corrected chi connectivity index (χ0v) is 17.3. The SMILES string of the molecule is Cc1cccc(N2CCN(C(=O)C3CNNC3c3ccc([N+](=O)[O-])cc3)CC2)c1C. The van der Waals surface area contributed by atoms with Gasteiger partial charge in [0.2, 0.25) is 5.91 Å². The molecule has 2 aromatic carbocycles. The van der Waals surface area contributed by atoms with E-state index >= 15 is 0 Å². The van der Waals surface area contributed by atoms with Crippen molar-refractivity contribution in [3.63, 3.8) is 0 Å². The highest BCUT2D eigenvalue weighted by Crippen LogP contribution is 2.29. The second kappa shape index (κ2) is 8.41. The van der Waals surface area contributed by atoms with Crippen LogP contribution in [-0.4, -0.2) is 48.5 Å². The number of rotatable bonds is 4. The monoisotopic (exact) mass is 409 g/mol. The quantitative estimate of drug-likeness (QED) is 0.595. The Kier molecular flexibility index (Phi) is 5.69. The molecule has 158 valence electrons. The highest BCUT2D eigenvalue weighted by atomic mass is 16.6. The number of nitro benzene ring substituents is 1. The Morgan fingerprint density at radius 1 is 1.07 bits per heavy atom. The smallest absolute Gasteiger partial charge is 0.269 e. The zero-order chi connectivity index (χ0) is 21.3. The van der Waals surface area contributed by atoms with Crippen LogP contribution in [0, 0.1) is 29.9 Å². The first-order valence-electron chi connectivity index (χ1n) is 10.3. The van der Waals surface area contributed by atoms with Crippen LogP contribution in [0.1, 0.15) is 22.7 Å². The second-order valence-corrected chi connectivity index (χ2v) is 7.99. The van der Waals surface area contributed by atoms with Gasteiger partial charge in [-0.2, -0.15) is 0 Å². The Morgan fingerprint density at radius 3 is 2.43 bits per heavy atom. The molecule has 8 heteroatoms. The molecule has 0 bridgehead atoms. The Balaban J connectivity index is 1.42. The number of hydrazine groups is 1. The van der Waals surface area contributed by atoms with Crippen LogP contribution in [0.5, 0.6) is 0 Å². The minimum atomic E-state index is -0.415. The third-order valence-electron chi connectivity index (χ3n) is 6.27. The minimum Gasteiger partial charge on any atom is -0.368 e. The van der Waals surface area contributed by atoms with Gasteiger partial charge in [0.05, 0.1) is 16.9 Å². The summed E-state index contributed by atoms with van der Waals surface area (Å²) in [5, 5.41) is 10.9. The molecule has 2 fully saturated rings. The molecule has 1 amide bonds. The van der Waals surface area contributed by atoms with Crippen molar-refractivity contribution in [3.05, 3.63) is 69.3 Å². The number of anilines is 1. The number of hydrogen-bond acceptors (Lipinski definition) is 6. The molecule has 8 nitrogen and oxygen atoms in total. The number of piperazine rings is 1. The second-order valence-electron chi connectivity index (χ2n) is 7.99. The van der Waals surface area contributed by atoms with Crippen LogP contribution in [0.4, 0.5) is 11.4 Å². The molecule has 0 radical (unpaired) electrons. The number of carbonyl (C=O) groups excluding carboxylic acids is 1. The van der Waals surface area contributed by atoms with E-state index in [1.54, 1.807) is 12.1 Å². The normalized spacial score (nSPS) is 21.7. The molecule has 2 aliphatic heterocycles. The Bertz CT molecular complexity index is 938. The van der Waals surface area contributed by atoms with Crippen molar-refractivity contribution in [2.45, 2.75) is 19.9 Å². The Hall–Kier alpha value is -2.97. The van der Waals surface area contributed by atoms with Gasteiger partial charge in [0.25, 0.3) is 5.69 Å². The van der Waals surface area contributed by atoms with Crippen molar-refractivity contribution in [1.82, 2.24) is 15.8 Å². The Morgan fingerprint density at radius 2 is 1.77 bits per heavy atom. The average molecular weight is 409 g/mol. The predicted molar refractivity (Wildman–Crippen MR) is 115 cm³/mol. The first-order valence-corrected chi connectivity index (χ1v) is 10.3. The lowest BCUT2D eigenvalue weighted by atomic mass is 9.93. The maximum atomic E-state index is 13.2. The summed E-state index contributed by atoms with van der Waals surface area (Å²) in [6, 6.07) is 12.6. The van der Waals surface area contributed by atoms with Gasteiger partial charge in [0.15, 0.2) is 0 Å². The number of nitro groups is 1. The number of nitrogens with one attached hydrogen (secondary N) is 2. The molecule has 2 saturated heterocycles. The first-order chi connectivity index (χ1) is 14.5. The van der Waals surface area contributed by atoms with Crippen LogP contribution in [0.15, 0.2) is 42.5 Å². The van der Waals surface area contributed by atoms with Crippen LogP contribution in [0.3, 0.4) is 0 Å². The van der Waals surface area contributed by atoms with Crippen molar-refractivity contribution in [3.8, 4) is 0 Å². The third kappa shape index (κ3) is 3.88. The molecule has 2 aliphatic rings. The number of nitrogens with zero attached hydrogens (tertiary/aromatic N) is 3. The maximum Gasteiger partial charge on any atom is 0.269 e. The van der Waals surface area contributed by atoms with Crippen LogP contribution in [0.25, 0.3) is 0 Å². The standard InChI is InChI=1S/C22H27N5O3/c1-15-4-3-5-20(16(15)2)25-10-12-26(13-11-25)22(28)19-14-23-24-21(19)17-6-8-18(9-7-17)27(29)30/h3-9,19,21,23-24H,10-14H2,1-2H3. The maximum absolute atomic E-state index is 13.2. The largest absolute Gasteiger partial charge is 0.368 e. The molecule has 0 spiro atoms. The van der Waals surface area contributed by atoms with Crippen LogP contribution in [0.2, 0.25) is 0 Å².